The molecule has 1 unspecified atom stereocenters. The quantitative estimate of drug-likeness (QED) is 0.377. The predicted molar refractivity (Wildman–Crippen MR) is 125 cm³/mol. The zero-order valence-electron chi connectivity index (χ0n) is 17.2. The third-order valence-electron chi connectivity index (χ3n) is 4.70. The molecule has 144 valence electrons. The molecule has 0 bridgehead atoms. The highest BCUT2D eigenvalue weighted by molar-refractivity contribution is 7.19. The summed E-state index contributed by atoms with van der Waals surface area (Å²) in [6.45, 7) is 2.88. The average Bonchev–Trinajstić information content (AvgIpc) is 2.82. The lowest BCUT2D eigenvalue weighted by Crippen LogP contribution is -2.07. The van der Waals surface area contributed by atoms with Gasteiger partial charge >= 0.3 is 0 Å². The first-order valence-corrected chi connectivity index (χ1v) is 10.0. The molecule has 0 amide bonds. The molecule has 1 heterocycles. The summed E-state index contributed by atoms with van der Waals surface area (Å²) in [6, 6.07) is 28.7. The summed E-state index contributed by atoms with van der Waals surface area (Å²) in [5, 5.41) is 3.35. The first kappa shape index (κ1) is 17.8. The second-order valence-electron chi connectivity index (χ2n) is 6.65. The molecule has 0 aliphatic heterocycles. The van der Waals surface area contributed by atoms with Crippen LogP contribution in [-0.4, -0.2) is 17.8 Å². The van der Waals surface area contributed by atoms with E-state index in [-0.39, 0.29) is 9.34 Å². The number of hydrogen-bond donors (Lipinski definition) is 1. The first-order valence-electron chi connectivity index (χ1n) is 10.1. The molecular weight excluding hydrogens is 375 g/mol. The van der Waals surface area contributed by atoms with Crippen LogP contribution in [0.1, 0.15) is 6.92 Å². The van der Waals surface area contributed by atoms with Crippen molar-refractivity contribution in [3.8, 4) is 22.4 Å². The van der Waals surface area contributed by atoms with Crippen LogP contribution in [0.4, 0.5) is 17.2 Å². The molecule has 0 aliphatic carbocycles. The highest BCUT2D eigenvalue weighted by Crippen LogP contribution is 2.27. The molecule has 5 heteroatoms. The first-order chi connectivity index (χ1) is 14.8. The molecule has 0 aliphatic rings. The number of rotatable bonds is 7. The van der Waals surface area contributed by atoms with Crippen LogP contribution in [0.2, 0.25) is 0 Å². The van der Waals surface area contributed by atoms with Crippen molar-refractivity contribution in [2.75, 3.05) is 16.5 Å². The topological polar surface area (TPSA) is 41.0 Å². The van der Waals surface area contributed by atoms with Gasteiger partial charge in [-0.1, -0.05) is 48.5 Å². The normalized spacial score (nSPS) is 11.4. The van der Waals surface area contributed by atoms with Gasteiger partial charge in [0, 0.05) is 29.5 Å². The minimum Gasteiger partial charge on any atom is -0.356 e. The van der Waals surface area contributed by atoms with E-state index in [9.17, 15) is 0 Å². The molecule has 0 spiro atoms. The minimum absolute atomic E-state index is 0.00938. The molecule has 0 fully saturated rings. The lowest BCUT2D eigenvalue weighted by molar-refractivity contribution is 1.11. The fourth-order valence-corrected chi connectivity index (χ4v) is 3.28. The van der Waals surface area contributed by atoms with Crippen molar-refractivity contribution in [2.24, 2.45) is 0 Å². The van der Waals surface area contributed by atoms with Gasteiger partial charge in [0.1, 0.15) is 12.1 Å². The van der Waals surface area contributed by atoms with E-state index >= 15 is 0 Å². The molecule has 29 heavy (non-hydrogen) atoms. The largest absolute Gasteiger partial charge is 0.356 e. The maximum atomic E-state index is 7.63. The Bertz CT molecular complexity index is 1100. The second kappa shape index (κ2) is 8.85. The molecule has 1 aromatic heterocycles. The molecule has 4 aromatic rings. The second-order valence-corrected chi connectivity index (χ2v) is 7.19. The lowest BCUT2D eigenvalue weighted by atomic mass is 10.0. The van der Waals surface area contributed by atoms with E-state index in [1.54, 1.807) is 6.33 Å². The van der Waals surface area contributed by atoms with E-state index in [0.717, 1.165) is 40.6 Å². The maximum Gasteiger partial charge on any atom is 0.134 e. The van der Waals surface area contributed by atoms with Crippen molar-refractivity contribution in [2.45, 2.75) is 6.92 Å². The fourth-order valence-electron chi connectivity index (χ4n) is 3.13. The van der Waals surface area contributed by atoms with Gasteiger partial charge in [0.25, 0.3) is 0 Å². The number of benzene rings is 3. The van der Waals surface area contributed by atoms with Crippen molar-refractivity contribution in [1.29, 1.82) is 1.28 Å². The molecule has 1 N–H and O–H groups in total. The van der Waals surface area contributed by atoms with E-state index < -0.39 is 0 Å². The SMILES string of the molecule is [3H]PN(CC)c1ccc(Nc2cc(-c3cccc(-c4ccccc4)c3)ncn2)cc1. The van der Waals surface area contributed by atoms with Crippen molar-refractivity contribution >= 4 is 26.5 Å². The van der Waals surface area contributed by atoms with Gasteiger partial charge in [-0.25, -0.2) is 9.97 Å². The van der Waals surface area contributed by atoms with Crippen LogP contribution in [0.25, 0.3) is 22.4 Å². The van der Waals surface area contributed by atoms with Crippen LogP contribution < -0.4 is 9.99 Å². The summed E-state index contributed by atoms with van der Waals surface area (Å²) >= 11 is 0. The summed E-state index contributed by atoms with van der Waals surface area (Å²) in [5.74, 6) is 0.743. The van der Waals surface area contributed by atoms with Gasteiger partial charge < -0.3 is 9.99 Å². The summed E-state index contributed by atoms with van der Waals surface area (Å²) in [5.41, 5.74) is 6.26. The van der Waals surface area contributed by atoms with Crippen LogP contribution in [0.15, 0.2) is 91.3 Å². The summed E-state index contributed by atoms with van der Waals surface area (Å²) < 4.78 is 9.65. The fraction of sp³-hybridized carbons (Fsp3) is 0.0833. The Labute approximate surface area is 175 Å². The Morgan fingerprint density at radius 2 is 1.62 bits per heavy atom. The van der Waals surface area contributed by atoms with E-state index in [0.29, 0.717) is 0 Å². The van der Waals surface area contributed by atoms with Crippen molar-refractivity contribution in [3.63, 3.8) is 0 Å². The summed E-state index contributed by atoms with van der Waals surface area (Å²) in [4.78, 5) is 8.84. The summed E-state index contributed by atoms with van der Waals surface area (Å²) in [6.07, 6.45) is 1.58. The van der Waals surface area contributed by atoms with Gasteiger partial charge in [0.15, 0.2) is 0 Å². The average molecular weight is 400 g/mol. The molecule has 4 nitrogen and oxygen atoms in total. The van der Waals surface area contributed by atoms with Crippen LogP contribution in [0, 0.1) is 0 Å². The number of anilines is 3. The lowest BCUT2D eigenvalue weighted by Gasteiger charge is -2.16. The zero-order valence-corrected chi connectivity index (χ0v) is 17.2. The number of nitrogens with one attached hydrogen (secondary N) is 1. The van der Waals surface area contributed by atoms with Crippen LogP contribution >= 0.6 is 9.34 Å². The number of nitrogens with zero attached hydrogens (tertiary/aromatic N) is 3. The molecule has 0 saturated heterocycles. The Kier molecular flexibility index (Phi) is 5.44. The third kappa shape index (κ3) is 4.61. The highest BCUT2D eigenvalue weighted by atomic mass is 31.0. The molecular formula is C24H23N4P. The molecule has 3 aromatic carbocycles. The van der Waals surface area contributed by atoms with Gasteiger partial charge in [-0.2, -0.15) is 0 Å². The van der Waals surface area contributed by atoms with Crippen LogP contribution in [0.3, 0.4) is 0 Å². The molecule has 4 rings (SSSR count). The van der Waals surface area contributed by atoms with Crippen molar-refractivity contribution in [3.05, 3.63) is 91.3 Å². The Balaban J connectivity index is 1.55. The van der Waals surface area contributed by atoms with E-state index in [1.165, 1.54) is 5.56 Å². The van der Waals surface area contributed by atoms with Gasteiger partial charge in [0.2, 0.25) is 0 Å². The number of aromatic nitrogens is 2. The van der Waals surface area contributed by atoms with E-state index in [4.69, 9.17) is 1.28 Å². The van der Waals surface area contributed by atoms with Gasteiger partial charge in [-0.3, -0.25) is 0 Å². The zero-order chi connectivity index (χ0) is 20.8. The smallest absolute Gasteiger partial charge is 0.134 e. The molecule has 0 radical (unpaired) electrons. The van der Waals surface area contributed by atoms with Gasteiger partial charge in [-0.15, -0.1) is 0 Å². The third-order valence-corrected chi connectivity index (χ3v) is 5.27. The maximum absolute atomic E-state index is 7.63. The van der Waals surface area contributed by atoms with Gasteiger partial charge in [0.05, 0.1) is 6.97 Å². The van der Waals surface area contributed by atoms with Crippen molar-refractivity contribution < 1.29 is 0 Å². The monoisotopic (exact) mass is 400 g/mol. The molecule has 1 atom stereocenters. The predicted octanol–water partition coefficient (Wildman–Crippen LogP) is 6.17. The van der Waals surface area contributed by atoms with Gasteiger partial charge in [-0.05, 0) is 57.7 Å². The van der Waals surface area contributed by atoms with Crippen LogP contribution in [-0.2, 0) is 0 Å². The Hall–Kier alpha value is -3.23. The minimum atomic E-state index is 0.00938. The summed E-state index contributed by atoms with van der Waals surface area (Å²) in [7, 11) is 0.00938. The van der Waals surface area contributed by atoms with E-state index in [1.807, 2.05) is 53.2 Å². The highest BCUT2D eigenvalue weighted by Gasteiger charge is 2.05. The number of hydrogen-bond acceptors (Lipinski definition) is 4. The van der Waals surface area contributed by atoms with Crippen molar-refractivity contribution in [1.82, 2.24) is 9.97 Å². The Morgan fingerprint density at radius 1 is 0.862 bits per heavy atom. The van der Waals surface area contributed by atoms with Crippen LogP contribution in [0.5, 0.6) is 0 Å². The van der Waals surface area contributed by atoms with E-state index in [2.05, 4.69) is 58.6 Å². The Morgan fingerprint density at radius 3 is 2.38 bits per heavy atom. The molecule has 0 saturated carbocycles. The standard InChI is InChI=1S/C24H23N4P/c1-2-28(29)22-13-11-21(12-14-22)27-24-16-23(25-17-26-24)20-10-6-9-19(15-20)18-7-4-3-5-8-18/h3-17H,2,29H2,1H3,(H,25,26,27)/i29T.